The van der Waals surface area contributed by atoms with E-state index in [1.165, 1.54) is 12.7 Å². The monoisotopic (exact) mass is 437 g/mol. The van der Waals surface area contributed by atoms with Crippen molar-refractivity contribution in [1.82, 2.24) is 20.2 Å². The molecule has 3 aromatic carbocycles. The second-order valence-electron chi connectivity index (χ2n) is 7.96. The third-order valence-corrected chi connectivity index (χ3v) is 5.98. The Bertz CT molecular complexity index is 1460. The Kier molecular flexibility index (Phi) is 5.22. The van der Waals surface area contributed by atoms with Gasteiger partial charge in [-0.1, -0.05) is 36.4 Å². The molecule has 0 spiro atoms. The molecule has 0 bridgehead atoms. The summed E-state index contributed by atoms with van der Waals surface area (Å²) in [6.07, 6.45) is 1.80. The number of rotatable bonds is 5. The first-order chi connectivity index (χ1) is 16.0. The zero-order valence-electron chi connectivity index (χ0n) is 18.6. The van der Waals surface area contributed by atoms with Gasteiger partial charge < -0.3 is 9.64 Å². The summed E-state index contributed by atoms with van der Waals surface area (Å²) in [4.78, 5) is 24.1. The van der Waals surface area contributed by atoms with Gasteiger partial charge in [0.15, 0.2) is 5.82 Å². The van der Waals surface area contributed by atoms with E-state index in [2.05, 4.69) is 40.2 Å². The van der Waals surface area contributed by atoms with Gasteiger partial charge in [0.05, 0.1) is 41.5 Å². The fraction of sp³-hybridized carbons (Fsp3) is 0.154. The van der Waals surface area contributed by atoms with Gasteiger partial charge in [0, 0.05) is 18.0 Å². The molecule has 5 rings (SSSR count). The minimum atomic E-state index is -0.402. The van der Waals surface area contributed by atoms with E-state index in [9.17, 15) is 4.79 Å². The number of nitrogens with zero attached hydrogens (tertiary/aromatic N) is 4. The molecule has 0 amide bonds. The minimum absolute atomic E-state index is 0.0538. The van der Waals surface area contributed by atoms with Gasteiger partial charge in [-0.15, -0.1) is 0 Å². The second kappa shape index (κ2) is 8.35. The summed E-state index contributed by atoms with van der Waals surface area (Å²) >= 11 is 0. The van der Waals surface area contributed by atoms with Crippen molar-refractivity contribution in [3.8, 4) is 11.3 Å². The molecular weight excluding hydrogens is 414 g/mol. The van der Waals surface area contributed by atoms with Crippen LogP contribution in [0.25, 0.3) is 33.2 Å². The standard InChI is InChI=1S/C26H23N5O2/c1-16(17-7-5-4-6-8-17)31(2)25-24(18-9-11-21-20(13-18)15-27-30-21)28-22-12-10-19(26(32)33-3)14-23(22)29-25/h4-16H,1-3H3,(H,27,30). The lowest BCUT2D eigenvalue weighted by Gasteiger charge is -2.28. The van der Waals surface area contributed by atoms with Crippen molar-refractivity contribution >= 4 is 33.7 Å². The minimum Gasteiger partial charge on any atom is -0.465 e. The number of esters is 1. The average molecular weight is 438 g/mol. The fourth-order valence-corrected chi connectivity index (χ4v) is 3.96. The number of aromatic nitrogens is 4. The van der Waals surface area contributed by atoms with E-state index in [-0.39, 0.29) is 6.04 Å². The maximum absolute atomic E-state index is 12.1. The Morgan fingerprint density at radius 3 is 2.61 bits per heavy atom. The van der Waals surface area contributed by atoms with Crippen molar-refractivity contribution < 1.29 is 9.53 Å². The summed E-state index contributed by atoms with van der Waals surface area (Å²) in [7, 11) is 3.38. The molecule has 0 saturated carbocycles. The topological polar surface area (TPSA) is 84.0 Å². The van der Waals surface area contributed by atoms with Crippen LogP contribution >= 0.6 is 0 Å². The molecule has 0 aliphatic heterocycles. The van der Waals surface area contributed by atoms with Crippen molar-refractivity contribution in [3.05, 3.63) is 84.1 Å². The number of benzene rings is 3. The summed E-state index contributed by atoms with van der Waals surface area (Å²) in [6.45, 7) is 2.13. The first-order valence-electron chi connectivity index (χ1n) is 10.7. The molecule has 1 N–H and O–H groups in total. The van der Waals surface area contributed by atoms with Gasteiger partial charge in [-0.25, -0.2) is 14.8 Å². The Labute approximate surface area is 191 Å². The molecule has 164 valence electrons. The molecule has 1 unspecified atom stereocenters. The number of aromatic amines is 1. The predicted octanol–water partition coefficient (Wildman–Crippen LogP) is 5.16. The molecule has 0 radical (unpaired) electrons. The number of methoxy groups -OCH3 is 1. The van der Waals surface area contributed by atoms with Gasteiger partial charge in [-0.2, -0.15) is 5.10 Å². The summed E-state index contributed by atoms with van der Waals surface area (Å²) < 4.78 is 4.88. The number of H-pyrrole nitrogens is 1. The molecule has 0 fully saturated rings. The Balaban J connectivity index is 1.70. The number of ether oxygens (including phenoxy) is 1. The van der Waals surface area contributed by atoms with Crippen LogP contribution in [0.4, 0.5) is 5.82 Å². The summed E-state index contributed by atoms with van der Waals surface area (Å²) in [5, 5.41) is 8.12. The normalized spacial score (nSPS) is 12.1. The lowest BCUT2D eigenvalue weighted by Crippen LogP contribution is -2.24. The third kappa shape index (κ3) is 3.78. The molecule has 0 aliphatic rings. The van der Waals surface area contributed by atoms with Crippen LogP contribution in [0.3, 0.4) is 0 Å². The van der Waals surface area contributed by atoms with Crippen LogP contribution in [0.15, 0.2) is 72.9 Å². The summed E-state index contributed by atoms with van der Waals surface area (Å²) in [5.74, 6) is 0.324. The molecule has 2 heterocycles. The van der Waals surface area contributed by atoms with E-state index in [1.54, 1.807) is 24.4 Å². The summed E-state index contributed by atoms with van der Waals surface area (Å²) in [5.41, 5.74) is 5.61. The van der Waals surface area contributed by atoms with Crippen LogP contribution in [-0.4, -0.2) is 40.3 Å². The molecule has 7 nitrogen and oxygen atoms in total. The van der Waals surface area contributed by atoms with E-state index >= 15 is 0 Å². The van der Waals surface area contributed by atoms with Gasteiger partial charge in [-0.3, -0.25) is 5.10 Å². The number of fused-ring (bicyclic) bond motifs is 2. The molecule has 0 aliphatic carbocycles. The van der Waals surface area contributed by atoms with Crippen molar-refractivity contribution in [2.75, 3.05) is 19.1 Å². The van der Waals surface area contributed by atoms with Crippen molar-refractivity contribution in [3.63, 3.8) is 0 Å². The van der Waals surface area contributed by atoms with Gasteiger partial charge in [-0.05, 0) is 42.8 Å². The van der Waals surface area contributed by atoms with E-state index in [0.717, 1.165) is 28.0 Å². The highest BCUT2D eigenvalue weighted by atomic mass is 16.5. The van der Waals surface area contributed by atoms with Crippen LogP contribution in [0, 0.1) is 0 Å². The highest BCUT2D eigenvalue weighted by molar-refractivity contribution is 5.95. The van der Waals surface area contributed by atoms with E-state index in [1.807, 2.05) is 37.4 Å². The smallest absolute Gasteiger partial charge is 0.337 e. The van der Waals surface area contributed by atoms with Crippen LogP contribution in [0.1, 0.15) is 28.9 Å². The number of carbonyl (C=O) groups excluding carboxylic acids is 1. The first kappa shape index (κ1) is 20.6. The van der Waals surface area contributed by atoms with Crippen LogP contribution < -0.4 is 4.90 Å². The summed E-state index contributed by atoms with van der Waals surface area (Å²) in [6, 6.07) is 21.6. The number of hydrogen-bond acceptors (Lipinski definition) is 6. The quantitative estimate of drug-likeness (QED) is 0.383. The van der Waals surface area contributed by atoms with Crippen LogP contribution in [0.5, 0.6) is 0 Å². The molecule has 0 saturated heterocycles. The maximum Gasteiger partial charge on any atom is 0.337 e. The van der Waals surface area contributed by atoms with Crippen LogP contribution in [0.2, 0.25) is 0 Å². The zero-order valence-corrected chi connectivity index (χ0v) is 18.6. The Hall–Kier alpha value is -4.26. The number of nitrogens with one attached hydrogen (secondary N) is 1. The Morgan fingerprint density at radius 2 is 1.82 bits per heavy atom. The fourth-order valence-electron chi connectivity index (χ4n) is 3.96. The van der Waals surface area contributed by atoms with E-state index in [4.69, 9.17) is 14.7 Å². The highest BCUT2D eigenvalue weighted by Crippen LogP contribution is 2.34. The zero-order chi connectivity index (χ0) is 22.9. The first-order valence-corrected chi connectivity index (χ1v) is 10.7. The molecule has 1 atom stereocenters. The average Bonchev–Trinajstić information content (AvgIpc) is 3.34. The third-order valence-electron chi connectivity index (χ3n) is 5.98. The molecule has 2 aromatic heterocycles. The molecular formula is C26H23N5O2. The van der Waals surface area contributed by atoms with E-state index in [0.29, 0.717) is 16.6 Å². The van der Waals surface area contributed by atoms with Crippen LogP contribution in [-0.2, 0) is 4.74 Å². The molecule has 5 aromatic rings. The molecule has 7 heteroatoms. The van der Waals surface area contributed by atoms with Gasteiger partial charge in [0.25, 0.3) is 0 Å². The van der Waals surface area contributed by atoms with Crippen molar-refractivity contribution in [1.29, 1.82) is 0 Å². The second-order valence-corrected chi connectivity index (χ2v) is 7.96. The number of anilines is 1. The van der Waals surface area contributed by atoms with Gasteiger partial charge >= 0.3 is 5.97 Å². The molecule has 33 heavy (non-hydrogen) atoms. The number of carbonyl (C=O) groups is 1. The lowest BCUT2D eigenvalue weighted by molar-refractivity contribution is 0.0601. The largest absolute Gasteiger partial charge is 0.465 e. The lowest BCUT2D eigenvalue weighted by atomic mass is 10.1. The highest BCUT2D eigenvalue weighted by Gasteiger charge is 2.21. The van der Waals surface area contributed by atoms with Gasteiger partial charge in [0.2, 0.25) is 0 Å². The Morgan fingerprint density at radius 1 is 1.00 bits per heavy atom. The maximum atomic E-state index is 12.1. The van der Waals surface area contributed by atoms with Crippen molar-refractivity contribution in [2.45, 2.75) is 13.0 Å². The predicted molar refractivity (Wildman–Crippen MR) is 129 cm³/mol. The SMILES string of the molecule is COC(=O)c1ccc2nc(-c3ccc4[nH]ncc4c3)c(N(C)C(C)c3ccccc3)nc2c1. The van der Waals surface area contributed by atoms with E-state index < -0.39 is 5.97 Å². The number of hydrogen-bond donors (Lipinski definition) is 1. The van der Waals surface area contributed by atoms with Gasteiger partial charge in [0.1, 0.15) is 5.69 Å². The van der Waals surface area contributed by atoms with Crippen molar-refractivity contribution in [2.24, 2.45) is 0 Å².